The molecule has 3 heterocycles. The lowest BCUT2D eigenvalue weighted by Gasteiger charge is -2.09. The molecule has 0 atom stereocenters. The van der Waals surface area contributed by atoms with Crippen molar-refractivity contribution in [2.45, 2.75) is 45.4 Å². The van der Waals surface area contributed by atoms with Gasteiger partial charge in [-0.15, -0.1) is 61.2 Å². The molecule has 0 spiro atoms. The molecular weight excluding hydrogens is 861 g/mol. The van der Waals surface area contributed by atoms with Crippen molar-refractivity contribution < 1.29 is 54.3 Å². The van der Waals surface area contributed by atoms with Crippen molar-refractivity contribution in [2.24, 2.45) is 0 Å². The second-order valence-electron chi connectivity index (χ2n) is 14.8. The number of nitrogens with zero attached hydrogens (tertiary/aromatic N) is 12. The number of Topliss-reactive ketones (excluding diaryl/α,β-unsaturated/α-hetero) is 1. The topological polar surface area (TPSA) is 358 Å². The summed E-state index contributed by atoms with van der Waals surface area (Å²) in [5.41, 5.74) is 2.47. The van der Waals surface area contributed by atoms with Gasteiger partial charge in [-0.1, -0.05) is 18.2 Å². The molecule has 23 nitrogen and oxygen atoms in total. The maximum atomic E-state index is 12.0. The summed E-state index contributed by atoms with van der Waals surface area (Å²) in [5.74, 6) is -5.66. The SMILES string of the molecule is CC(=O)c1cc(Cc2nnc(Cc3cc(Cc4nnc(Cc5cc(C(=O)O)cc(C(=O)O)c5)nn4)cc(Cc4nnc(Cc5cc(C(=O)O)cc(C(=O)O)c5)nn4)c3)nn2)cc(C(=O)O)c1. The number of ketones is 1. The number of carbonyl (C=O) groups is 6. The van der Waals surface area contributed by atoms with Crippen LogP contribution in [-0.4, -0.2) is 122 Å². The van der Waals surface area contributed by atoms with Gasteiger partial charge in [-0.2, -0.15) is 0 Å². The van der Waals surface area contributed by atoms with Gasteiger partial charge in [0.1, 0.15) is 0 Å². The first-order chi connectivity index (χ1) is 31.5. The molecule has 66 heavy (non-hydrogen) atoms. The minimum Gasteiger partial charge on any atom is -0.478 e. The molecule has 0 fully saturated rings. The van der Waals surface area contributed by atoms with E-state index >= 15 is 0 Å². The lowest BCUT2D eigenvalue weighted by molar-refractivity contribution is 0.0676. The Labute approximate surface area is 370 Å². The Kier molecular flexibility index (Phi) is 13.2. The van der Waals surface area contributed by atoms with E-state index in [0.717, 1.165) is 12.1 Å². The number of hydrogen-bond acceptors (Lipinski definition) is 18. The summed E-state index contributed by atoms with van der Waals surface area (Å²) in [4.78, 5) is 70.0. The maximum absolute atomic E-state index is 12.0. The summed E-state index contributed by atoms with van der Waals surface area (Å²) in [6.45, 7) is 1.33. The van der Waals surface area contributed by atoms with Gasteiger partial charge in [0.25, 0.3) is 0 Å². The zero-order valence-corrected chi connectivity index (χ0v) is 34.2. The van der Waals surface area contributed by atoms with E-state index < -0.39 is 29.8 Å². The number of benzene rings is 4. The van der Waals surface area contributed by atoms with Crippen LogP contribution < -0.4 is 0 Å². The van der Waals surface area contributed by atoms with Crippen molar-refractivity contribution in [1.82, 2.24) is 61.2 Å². The van der Waals surface area contributed by atoms with Crippen molar-refractivity contribution in [3.63, 3.8) is 0 Å². The van der Waals surface area contributed by atoms with Gasteiger partial charge in [0, 0.05) is 44.1 Å². The second-order valence-corrected chi connectivity index (χ2v) is 14.8. The van der Waals surface area contributed by atoms with E-state index in [-0.39, 0.29) is 113 Å². The van der Waals surface area contributed by atoms with Crippen molar-refractivity contribution >= 4 is 35.6 Å². The van der Waals surface area contributed by atoms with Gasteiger partial charge in [0.2, 0.25) is 0 Å². The van der Waals surface area contributed by atoms with E-state index in [9.17, 15) is 54.3 Å². The molecule has 23 heteroatoms. The van der Waals surface area contributed by atoms with Crippen LogP contribution in [0.15, 0.2) is 72.8 Å². The molecule has 0 aliphatic rings. The Morgan fingerprint density at radius 2 is 0.455 bits per heavy atom. The van der Waals surface area contributed by atoms with E-state index in [2.05, 4.69) is 61.2 Å². The minimum absolute atomic E-state index is 0.0463. The quantitative estimate of drug-likeness (QED) is 0.0773. The molecule has 0 aliphatic heterocycles. The minimum atomic E-state index is -1.30. The smallest absolute Gasteiger partial charge is 0.335 e. The van der Waals surface area contributed by atoms with Crippen LogP contribution in [0.25, 0.3) is 0 Å². The van der Waals surface area contributed by atoms with Gasteiger partial charge in [-0.3, -0.25) is 4.79 Å². The molecule has 0 unspecified atom stereocenters. The molecule has 5 N–H and O–H groups in total. The zero-order chi connectivity index (χ0) is 47.1. The van der Waals surface area contributed by atoms with Crippen molar-refractivity contribution in [3.8, 4) is 0 Å². The third-order valence-electron chi connectivity index (χ3n) is 9.59. The molecule has 7 aromatic rings. The number of aromatic carboxylic acids is 5. The Hall–Kier alpha value is -9.28. The van der Waals surface area contributed by atoms with E-state index in [4.69, 9.17) is 0 Å². The molecule has 0 saturated carbocycles. The fourth-order valence-electron chi connectivity index (χ4n) is 6.68. The molecule has 0 saturated heterocycles. The van der Waals surface area contributed by atoms with Crippen LogP contribution >= 0.6 is 0 Å². The van der Waals surface area contributed by atoms with E-state index in [1.165, 1.54) is 43.3 Å². The summed E-state index contributed by atoms with van der Waals surface area (Å²) < 4.78 is 0. The standard InChI is InChI=1S/C43H32N12O11/c1-20(56)27-5-24(6-28(17-27)39(57)58)14-36-50-44-33(45-51-36)11-21-2-22(12-34-46-52-37(53-47-34)15-25-7-29(40(59)60)18-30(8-25)41(61)62)4-23(3-21)13-35-48-54-38(55-49-35)16-26-9-31(42(63)64)19-32(10-26)43(65)66/h2-10,17-19H,11-16H2,1H3,(H,57,58)(H,59,60)(H,61,62)(H,63,64)(H,65,66). The Balaban J connectivity index is 1.12. The number of hydrogen-bond donors (Lipinski definition) is 5. The first-order valence-corrected chi connectivity index (χ1v) is 19.4. The Morgan fingerprint density at radius 1 is 0.288 bits per heavy atom. The number of rotatable bonds is 18. The molecule has 0 amide bonds. The van der Waals surface area contributed by atoms with Gasteiger partial charge in [0.15, 0.2) is 40.7 Å². The first kappa shape index (κ1) is 44.8. The highest BCUT2D eigenvalue weighted by atomic mass is 16.4. The number of carboxylic acids is 5. The number of carbonyl (C=O) groups excluding carboxylic acids is 1. The van der Waals surface area contributed by atoms with Crippen LogP contribution in [-0.2, 0) is 38.5 Å². The van der Waals surface area contributed by atoms with Crippen LogP contribution in [0.2, 0.25) is 0 Å². The van der Waals surface area contributed by atoms with Crippen LogP contribution in [0.5, 0.6) is 0 Å². The predicted octanol–water partition coefficient (Wildman–Crippen LogP) is 2.67. The molecule has 7 rings (SSSR count). The van der Waals surface area contributed by atoms with Gasteiger partial charge < -0.3 is 25.5 Å². The summed E-state index contributed by atoms with van der Waals surface area (Å²) in [7, 11) is 0. The molecular formula is C43H32N12O11. The zero-order valence-electron chi connectivity index (χ0n) is 34.2. The fourth-order valence-corrected chi connectivity index (χ4v) is 6.68. The summed E-state index contributed by atoms with van der Waals surface area (Å²) in [6.07, 6.45) is 0.343. The summed E-state index contributed by atoms with van der Waals surface area (Å²) >= 11 is 0. The average Bonchev–Trinajstić information content (AvgIpc) is 3.28. The van der Waals surface area contributed by atoms with Crippen molar-refractivity contribution in [3.05, 3.63) is 175 Å². The average molecular weight is 893 g/mol. The normalized spacial score (nSPS) is 10.9. The molecule has 0 bridgehead atoms. The Morgan fingerprint density at radius 3 is 0.636 bits per heavy atom. The second kappa shape index (κ2) is 19.4. The molecule has 4 aromatic carbocycles. The first-order valence-electron chi connectivity index (χ1n) is 19.4. The van der Waals surface area contributed by atoms with Crippen LogP contribution in [0.1, 0.15) is 137 Å². The lowest BCUT2D eigenvalue weighted by Crippen LogP contribution is -2.10. The predicted molar refractivity (Wildman–Crippen MR) is 220 cm³/mol. The van der Waals surface area contributed by atoms with Crippen LogP contribution in [0.3, 0.4) is 0 Å². The molecule has 330 valence electrons. The van der Waals surface area contributed by atoms with Gasteiger partial charge in [-0.05, 0) is 94.9 Å². The largest absolute Gasteiger partial charge is 0.478 e. The molecule has 3 aromatic heterocycles. The van der Waals surface area contributed by atoms with Gasteiger partial charge in [-0.25, -0.2) is 24.0 Å². The Bertz CT molecular complexity index is 2630. The lowest BCUT2D eigenvalue weighted by atomic mass is 9.99. The van der Waals surface area contributed by atoms with Crippen molar-refractivity contribution in [1.29, 1.82) is 0 Å². The molecule has 0 aliphatic carbocycles. The van der Waals surface area contributed by atoms with Gasteiger partial charge >= 0.3 is 29.8 Å². The van der Waals surface area contributed by atoms with E-state index in [1.807, 2.05) is 18.2 Å². The number of aromatic nitrogens is 12. The van der Waals surface area contributed by atoms with E-state index in [1.54, 1.807) is 6.07 Å². The third-order valence-corrected chi connectivity index (χ3v) is 9.59. The highest BCUT2D eigenvalue weighted by molar-refractivity contribution is 5.98. The highest BCUT2D eigenvalue weighted by Gasteiger charge is 2.17. The summed E-state index contributed by atoms with van der Waals surface area (Å²) in [6, 6.07) is 17.1. The van der Waals surface area contributed by atoms with Gasteiger partial charge in [0.05, 0.1) is 27.8 Å². The van der Waals surface area contributed by atoms with E-state index in [0.29, 0.717) is 33.4 Å². The monoisotopic (exact) mass is 892 g/mol. The van der Waals surface area contributed by atoms with Crippen LogP contribution in [0, 0.1) is 0 Å². The molecule has 0 radical (unpaired) electrons. The summed E-state index contributed by atoms with van der Waals surface area (Å²) in [5, 5.41) is 97.4. The number of carboxylic acid groups (broad SMARTS) is 5. The fraction of sp³-hybridized carbons (Fsp3) is 0.163. The third kappa shape index (κ3) is 11.6. The highest BCUT2D eigenvalue weighted by Crippen LogP contribution is 2.20. The van der Waals surface area contributed by atoms with Crippen molar-refractivity contribution in [2.75, 3.05) is 0 Å². The maximum Gasteiger partial charge on any atom is 0.335 e. The van der Waals surface area contributed by atoms with Crippen LogP contribution in [0.4, 0.5) is 0 Å².